The van der Waals surface area contributed by atoms with Gasteiger partial charge in [0.2, 0.25) is 0 Å². The Morgan fingerprint density at radius 2 is 2.00 bits per heavy atom. The molecule has 0 fully saturated rings. The zero-order valence-electron chi connectivity index (χ0n) is 12.7. The number of rotatable bonds is 11. The van der Waals surface area contributed by atoms with Crippen molar-refractivity contribution in [3.63, 3.8) is 0 Å². The van der Waals surface area contributed by atoms with Crippen molar-refractivity contribution >= 4 is 12.0 Å². The molecule has 1 aromatic rings. The van der Waals surface area contributed by atoms with Crippen molar-refractivity contribution in [1.82, 2.24) is 0 Å². The molecule has 0 amide bonds. The van der Waals surface area contributed by atoms with Crippen LogP contribution in [-0.2, 0) is 4.89 Å². The van der Waals surface area contributed by atoms with Crippen molar-refractivity contribution < 1.29 is 14.9 Å². The average Bonchev–Trinajstić information content (AvgIpc) is 2.55. The quantitative estimate of drug-likeness (QED) is 0.221. The van der Waals surface area contributed by atoms with Crippen molar-refractivity contribution in [2.75, 3.05) is 18.0 Å². The third-order valence-corrected chi connectivity index (χ3v) is 3.59. The second kappa shape index (κ2) is 10.1. The topological polar surface area (TPSA) is 49.8 Å². The molecule has 4 nitrogen and oxygen atoms in total. The fourth-order valence-electron chi connectivity index (χ4n) is 2.27. The van der Waals surface area contributed by atoms with Gasteiger partial charge in [0.1, 0.15) is 12.4 Å². The van der Waals surface area contributed by atoms with E-state index in [2.05, 4.69) is 23.3 Å². The second-order valence-corrected chi connectivity index (χ2v) is 5.02. The Labute approximate surface area is 127 Å². The summed E-state index contributed by atoms with van der Waals surface area (Å²) in [4.78, 5) is 17.2. The summed E-state index contributed by atoms with van der Waals surface area (Å²) in [7, 11) is 0. The fraction of sp³-hybridized carbons (Fsp3) is 0.471. The summed E-state index contributed by atoms with van der Waals surface area (Å²) in [6.07, 6.45) is 6.17. The molecule has 1 aromatic carbocycles. The van der Waals surface area contributed by atoms with E-state index in [-0.39, 0.29) is 6.10 Å². The molecule has 0 spiro atoms. The summed E-state index contributed by atoms with van der Waals surface area (Å²) in [5.74, 6) is 0. The molecule has 1 atom stereocenters. The van der Waals surface area contributed by atoms with Gasteiger partial charge < -0.3 is 4.90 Å². The van der Waals surface area contributed by atoms with E-state index in [1.807, 2.05) is 24.3 Å². The first kappa shape index (κ1) is 17.4. The van der Waals surface area contributed by atoms with E-state index in [1.54, 1.807) is 6.08 Å². The van der Waals surface area contributed by atoms with Crippen molar-refractivity contribution in [3.8, 4) is 0 Å². The molecule has 0 heterocycles. The minimum absolute atomic E-state index is 0.261. The summed E-state index contributed by atoms with van der Waals surface area (Å²) < 4.78 is 0. The van der Waals surface area contributed by atoms with Gasteiger partial charge in [-0.2, -0.15) is 0 Å². The van der Waals surface area contributed by atoms with Gasteiger partial charge in [-0.1, -0.05) is 18.9 Å². The van der Waals surface area contributed by atoms with Crippen LogP contribution in [0.25, 0.3) is 0 Å². The SMILES string of the molecule is C=CC(CCCCCN(CC)c1ccc(C=O)cc1)OO. The number of benzene rings is 1. The summed E-state index contributed by atoms with van der Waals surface area (Å²) in [6.45, 7) is 7.66. The molecule has 21 heavy (non-hydrogen) atoms. The summed E-state index contributed by atoms with van der Waals surface area (Å²) in [5.41, 5.74) is 1.85. The summed E-state index contributed by atoms with van der Waals surface area (Å²) >= 11 is 0. The molecule has 0 bridgehead atoms. The van der Waals surface area contributed by atoms with Crippen LogP contribution in [0.5, 0.6) is 0 Å². The minimum Gasteiger partial charge on any atom is -0.372 e. The highest BCUT2D eigenvalue weighted by Gasteiger charge is 2.06. The Hall–Kier alpha value is -1.65. The molecule has 0 radical (unpaired) electrons. The first-order chi connectivity index (χ1) is 10.2. The van der Waals surface area contributed by atoms with Crippen LogP contribution in [-0.4, -0.2) is 30.7 Å². The number of nitrogens with zero attached hydrogens (tertiary/aromatic N) is 1. The predicted molar refractivity (Wildman–Crippen MR) is 85.9 cm³/mol. The molecule has 0 aromatic heterocycles. The zero-order valence-corrected chi connectivity index (χ0v) is 12.7. The van der Waals surface area contributed by atoms with Gasteiger partial charge in [-0.15, -0.1) is 6.58 Å². The van der Waals surface area contributed by atoms with Crippen LogP contribution >= 0.6 is 0 Å². The highest BCUT2D eigenvalue weighted by atomic mass is 17.1. The van der Waals surface area contributed by atoms with Gasteiger partial charge >= 0.3 is 0 Å². The van der Waals surface area contributed by atoms with E-state index < -0.39 is 0 Å². The maximum absolute atomic E-state index is 10.7. The molecule has 1 N–H and O–H groups in total. The van der Waals surface area contributed by atoms with Crippen LogP contribution in [0.1, 0.15) is 43.0 Å². The van der Waals surface area contributed by atoms with Gasteiger partial charge in [0.15, 0.2) is 0 Å². The highest BCUT2D eigenvalue weighted by molar-refractivity contribution is 5.75. The summed E-state index contributed by atoms with van der Waals surface area (Å²) in [6, 6.07) is 7.66. The van der Waals surface area contributed by atoms with E-state index in [0.717, 1.165) is 50.7 Å². The van der Waals surface area contributed by atoms with Gasteiger partial charge in [-0.25, -0.2) is 4.89 Å². The van der Waals surface area contributed by atoms with E-state index in [1.165, 1.54) is 0 Å². The molecule has 1 unspecified atom stereocenters. The number of unbranched alkanes of at least 4 members (excludes halogenated alkanes) is 2. The fourth-order valence-corrected chi connectivity index (χ4v) is 2.27. The van der Waals surface area contributed by atoms with E-state index in [0.29, 0.717) is 5.56 Å². The smallest absolute Gasteiger partial charge is 0.150 e. The van der Waals surface area contributed by atoms with Crippen LogP contribution in [0.4, 0.5) is 5.69 Å². The Balaban J connectivity index is 2.33. The first-order valence-electron chi connectivity index (χ1n) is 7.48. The van der Waals surface area contributed by atoms with Crippen molar-refractivity contribution in [1.29, 1.82) is 0 Å². The number of hydrogen-bond acceptors (Lipinski definition) is 4. The van der Waals surface area contributed by atoms with E-state index in [4.69, 9.17) is 5.26 Å². The van der Waals surface area contributed by atoms with Crippen LogP contribution in [0.15, 0.2) is 36.9 Å². The lowest BCUT2D eigenvalue weighted by molar-refractivity contribution is -0.267. The summed E-state index contributed by atoms with van der Waals surface area (Å²) in [5, 5.41) is 8.60. The van der Waals surface area contributed by atoms with E-state index in [9.17, 15) is 4.79 Å². The Kier molecular flexibility index (Phi) is 8.40. The van der Waals surface area contributed by atoms with Crippen LogP contribution < -0.4 is 4.90 Å². The molecule has 0 aliphatic carbocycles. The Bertz CT molecular complexity index is 417. The zero-order chi connectivity index (χ0) is 15.5. The monoisotopic (exact) mass is 291 g/mol. The van der Waals surface area contributed by atoms with Gasteiger partial charge in [-0.05, 0) is 44.0 Å². The molecule has 0 aliphatic heterocycles. The van der Waals surface area contributed by atoms with Gasteiger partial charge in [0, 0.05) is 24.3 Å². The van der Waals surface area contributed by atoms with Crippen molar-refractivity contribution in [3.05, 3.63) is 42.5 Å². The van der Waals surface area contributed by atoms with Crippen molar-refractivity contribution in [2.24, 2.45) is 0 Å². The lowest BCUT2D eigenvalue weighted by Crippen LogP contribution is -2.23. The Morgan fingerprint density at radius 1 is 1.29 bits per heavy atom. The molecular weight excluding hydrogens is 266 g/mol. The van der Waals surface area contributed by atoms with Gasteiger partial charge in [0.25, 0.3) is 0 Å². The number of hydrogen-bond donors (Lipinski definition) is 1. The lowest BCUT2D eigenvalue weighted by Gasteiger charge is -2.23. The third kappa shape index (κ3) is 6.10. The van der Waals surface area contributed by atoms with Gasteiger partial charge in [0.05, 0.1) is 0 Å². The molecule has 4 heteroatoms. The van der Waals surface area contributed by atoms with Crippen LogP contribution in [0, 0.1) is 0 Å². The molecule has 0 saturated heterocycles. The average molecular weight is 291 g/mol. The van der Waals surface area contributed by atoms with Crippen LogP contribution in [0.3, 0.4) is 0 Å². The number of anilines is 1. The molecule has 116 valence electrons. The lowest BCUT2D eigenvalue weighted by atomic mass is 10.1. The number of aldehydes is 1. The third-order valence-electron chi connectivity index (χ3n) is 3.59. The molecule has 0 aliphatic rings. The molecule has 0 saturated carbocycles. The highest BCUT2D eigenvalue weighted by Crippen LogP contribution is 2.16. The maximum atomic E-state index is 10.7. The maximum Gasteiger partial charge on any atom is 0.150 e. The second-order valence-electron chi connectivity index (χ2n) is 5.02. The van der Waals surface area contributed by atoms with Crippen molar-refractivity contribution in [2.45, 2.75) is 38.7 Å². The molecule has 1 rings (SSSR count). The predicted octanol–water partition coefficient (Wildman–Crippen LogP) is 3.93. The van der Waals surface area contributed by atoms with E-state index >= 15 is 0 Å². The largest absolute Gasteiger partial charge is 0.372 e. The Morgan fingerprint density at radius 3 is 2.52 bits per heavy atom. The number of carbonyl (C=O) groups is 1. The van der Waals surface area contributed by atoms with Gasteiger partial charge in [-0.3, -0.25) is 10.1 Å². The standard InChI is InChI=1S/C17H25NO3/c1-3-17(21-20)8-6-5-7-13-18(4-2)16-11-9-15(14-19)10-12-16/h3,9-12,14,17,20H,1,4-8,13H2,2H3. The first-order valence-corrected chi connectivity index (χ1v) is 7.48. The number of carbonyl (C=O) groups excluding carboxylic acids is 1. The van der Waals surface area contributed by atoms with Crippen LogP contribution in [0.2, 0.25) is 0 Å². The molecular formula is C17H25NO3. The minimum atomic E-state index is -0.261. The normalized spacial score (nSPS) is 11.9.